The van der Waals surface area contributed by atoms with Crippen molar-refractivity contribution in [3.63, 3.8) is 0 Å². The SMILES string of the molecule is CCC1CCCCN1CCNC(=NC)NCCC1CCN(CC(F)(F)F)CC1.I. The molecule has 2 aliphatic heterocycles. The summed E-state index contributed by atoms with van der Waals surface area (Å²) >= 11 is 0. The molecule has 1 atom stereocenters. The lowest BCUT2D eigenvalue weighted by Gasteiger charge is -2.35. The molecule has 29 heavy (non-hydrogen) atoms. The van der Waals surface area contributed by atoms with Crippen molar-refractivity contribution in [1.29, 1.82) is 0 Å². The highest BCUT2D eigenvalue weighted by molar-refractivity contribution is 14.0. The number of piperidine rings is 2. The Morgan fingerprint density at radius 3 is 2.34 bits per heavy atom. The number of nitrogens with zero attached hydrogens (tertiary/aromatic N) is 3. The molecule has 172 valence electrons. The highest BCUT2D eigenvalue weighted by atomic mass is 127. The summed E-state index contributed by atoms with van der Waals surface area (Å²) in [4.78, 5) is 8.39. The van der Waals surface area contributed by atoms with Gasteiger partial charge in [0.05, 0.1) is 6.54 Å². The van der Waals surface area contributed by atoms with Crippen LogP contribution < -0.4 is 10.6 Å². The Bertz CT molecular complexity index is 468. The van der Waals surface area contributed by atoms with Crippen molar-refractivity contribution < 1.29 is 13.2 Å². The maximum atomic E-state index is 12.5. The normalized spacial score (nSPS) is 22.9. The lowest BCUT2D eigenvalue weighted by molar-refractivity contribution is -0.148. The second-order valence-electron chi connectivity index (χ2n) is 8.14. The molecular weight excluding hydrogens is 494 g/mol. The van der Waals surface area contributed by atoms with Gasteiger partial charge in [-0.25, -0.2) is 0 Å². The summed E-state index contributed by atoms with van der Waals surface area (Å²) in [5.74, 6) is 1.31. The van der Waals surface area contributed by atoms with E-state index in [1.807, 2.05) is 0 Å². The Morgan fingerprint density at radius 1 is 1.03 bits per heavy atom. The van der Waals surface area contributed by atoms with Gasteiger partial charge in [0.15, 0.2) is 5.96 Å². The van der Waals surface area contributed by atoms with Crippen LogP contribution in [0.1, 0.15) is 51.9 Å². The third-order valence-electron chi connectivity index (χ3n) is 6.09. The van der Waals surface area contributed by atoms with Crippen LogP contribution in [0.4, 0.5) is 13.2 Å². The minimum absolute atomic E-state index is 0. The molecule has 0 aromatic rings. The molecule has 2 aliphatic rings. The number of likely N-dealkylation sites (tertiary alicyclic amines) is 2. The number of rotatable bonds is 8. The van der Waals surface area contributed by atoms with E-state index in [9.17, 15) is 13.2 Å². The van der Waals surface area contributed by atoms with E-state index < -0.39 is 12.7 Å². The minimum atomic E-state index is -4.09. The van der Waals surface area contributed by atoms with Crippen LogP contribution >= 0.6 is 24.0 Å². The molecule has 2 N–H and O–H groups in total. The summed E-state index contributed by atoms with van der Waals surface area (Å²) in [5.41, 5.74) is 0. The summed E-state index contributed by atoms with van der Waals surface area (Å²) < 4.78 is 37.4. The predicted octanol–water partition coefficient (Wildman–Crippen LogP) is 3.70. The molecule has 2 fully saturated rings. The van der Waals surface area contributed by atoms with Gasteiger partial charge in [-0.3, -0.25) is 14.8 Å². The first-order valence-corrected chi connectivity index (χ1v) is 10.9. The van der Waals surface area contributed by atoms with E-state index in [2.05, 4.69) is 27.4 Å². The molecule has 2 saturated heterocycles. The van der Waals surface area contributed by atoms with E-state index in [-0.39, 0.29) is 24.0 Å². The highest BCUT2D eigenvalue weighted by Gasteiger charge is 2.32. The van der Waals surface area contributed by atoms with Gasteiger partial charge >= 0.3 is 6.18 Å². The van der Waals surface area contributed by atoms with Crippen LogP contribution in [0.5, 0.6) is 0 Å². The number of hydrogen-bond acceptors (Lipinski definition) is 3. The van der Waals surface area contributed by atoms with Crippen molar-refractivity contribution in [2.24, 2.45) is 10.9 Å². The first kappa shape index (κ1) is 26.7. The third kappa shape index (κ3) is 10.5. The number of nitrogens with one attached hydrogen (secondary N) is 2. The zero-order valence-corrected chi connectivity index (χ0v) is 20.3. The van der Waals surface area contributed by atoms with Crippen molar-refractivity contribution in [3.05, 3.63) is 0 Å². The van der Waals surface area contributed by atoms with E-state index in [0.717, 1.165) is 44.9 Å². The molecule has 0 aliphatic carbocycles. The fraction of sp³-hybridized carbons (Fsp3) is 0.950. The Labute approximate surface area is 191 Å². The molecule has 0 aromatic heterocycles. The summed E-state index contributed by atoms with van der Waals surface area (Å²) in [6.45, 7) is 6.51. The van der Waals surface area contributed by atoms with Gasteiger partial charge < -0.3 is 10.6 Å². The summed E-state index contributed by atoms with van der Waals surface area (Å²) in [6, 6.07) is 0.716. The van der Waals surface area contributed by atoms with Crippen LogP contribution in [0.15, 0.2) is 4.99 Å². The topological polar surface area (TPSA) is 42.9 Å². The van der Waals surface area contributed by atoms with Crippen LogP contribution in [-0.4, -0.2) is 80.8 Å². The van der Waals surface area contributed by atoms with Crippen molar-refractivity contribution in [2.45, 2.75) is 64.1 Å². The molecule has 0 spiro atoms. The Morgan fingerprint density at radius 2 is 1.72 bits per heavy atom. The van der Waals surface area contributed by atoms with Gasteiger partial charge in [-0.1, -0.05) is 13.3 Å². The summed E-state index contributed by atoms with van der Waals surface area (Å²) in [6.07, 6.45) is 3.75. The largest absolute Gasteiger partial charge is 0.401 e. The van der Waals surface area contributed by atoms with Crippen LogP contribution in [0, 0.1) is 5.92 Å². The molecular formula is C20H39F3IN5. The molecule has 0 amide bonds. The molecule has 9 heteroatoms. The Balaban J connectivity index is 0.00000420. The van der Waals surface area contributed by atoms with Crippen molar-refractivity contribution in [1.82, 2.24) is 20.4 Å². The van der Waals surface area contributed by atoms with E-state index in [1.54, 1.807) is 7.05 Å². The second-order valence-corrected chi connectivity index (χ2v) is 8.14. The van der Waals surface area contributed by atoms with Gasteiger partial charge in [-0.15, -0.1) is 24.0 Å². The van der Waals surface area contributed by atoms with Crippen LogP contribution in [0.2, 0.25) is 0 Å². The second kappa shape index (κ2) is 13.9. The molecule has 0 radical (unpaired) electrons. The maximum absolute atomic E-state index is 12.5. The lowest BCUT2D eigenvalue weighted by atomic mass is 9.93. The van der Waals surface area contributed by atoms with Gasteiger partial charge in [0.1, 0.15) is 0 Å². The highest BCUT2D eigenvalue weighted by Crippen LogP contribution is 2.24. The van der Waals surface area contributed by atoms with E-state index in [4.69, 9.17) is 0 Å². The average Bonchev–Trinajstić information content (AvgIpc) is 2.67. The summed E-state index contributed by atoms with van der Waals surface area (Å²) in [7, 11) is 1.78. The maximum Gasteiger partial charge on any atom is 0.401 e. The summed E-state index contributed by atoms with van der Waals surface area (Å²) in [5, 5.41) is 6.75. The first-order chi connectivity index (χ1) is 13.4. The average molecular weight is 533 g/mol. The smallest absolute Gasteiger partial charge is 0.356 e. The van der Waals surface area contributed by atoms with Gasteiger partial charge in [0.2, 0.25) is 0 Å². The molecule has 0 saturated carbocycles. The zero-order chi connectivity index (χ0) is 20.4. The zero-order valence-electron chi connectivity index (χ0n) is 17.9. The Kier molecular flexibility index (Phi) is 12.8. The quantitative estimate of drug-likeness (QED) is 0.284. The van der Waals surface area contributed by atoms with Gasteiger partial charge in [-0.05, 0) is 64.1 Å². The predicted molar refractivity (Wildman–Crippen MR) is 124 cm³/mol. The molecule has 5 nitrogen and oxygen atoms in total. The monoisotopic (exact) mass is 533 g/mol. The van der Waals surface area contributed by atoms with Crippen molar-refractivity contribution in [3.8, 4) is 0 Å². The van der Waals surface area contributed by atoms with Crippen LogP contribution in [-0.2, 0) is 0 Å². The Hall–Kier alpha value is -0.290. The molecule has 2 heterocycles. The fourth-order valence-corrected chi connectivity index (χ4v) is 4.44. The minimum Gasteiger partial charge on any atom is -0.356 e. The van der Waals surface area contributed by atoms with Crippen LogP contribution in [0.25, 0.3) is 0 Å². The molecule has 0 aromatic carbocycles. The van der Waals surface area contributed by atoms with Gasteiger partial charge in [0, 0.05) is 32.7 Å². The standard InChI is InChI=1S/C20H38F3N5.HI/c1-3-18-6-4-5-12-28(18)15-11-26-19(24-2)25-10-7-17-8-13-27(14-9-17)16-20(21,22)23;/h17-18H,3-16H2,1-2H3,(H2,24,25,26);1H. The fourth-order valence-electron chi connectivity index (χ4n) is 4.44. The van der Waals surface area contributed by atoms with Crippen molar-refractivity contribution in [2.75, 3.05) is 52.9 Å². The van der Waals surface area contributed by atoms with Gasteiger partial charge in [-0.2, -0.15) is 13.2 Å². The number of aliphatic imine (C=N–C) groups is 1. The van der Waals surface area contributed by atoms with Crippen molar-refractivity contribution >= 4 is 29.9 Å². The lowest BCUT2D eigenvalue weighted by Crippen LogP contribution is -2.46. The number of hydrogen-bond donors (Lipinski definition) is 2. The van der Waals surface area contributed by atoms with Crippen LogP contribution in [0.3, 0.4) is 0 Å². The van der Waals surface area contributed by atoms with E-state index in [1.165, 1.54) is 37.1 Å². The third-order valence-corrected chi connectivity index (χ3v) is 6.09. The molecule has 0 bridgehead atoms. The molecule has 2 rings (SSSR count). The number of halogens is 4. The van der Waals surface area contributed by atoms with E-state index >= 15 is 0 Å². The first-order valence-electron chi connectivity index (χ1n) is 10.9. The number of alkyl halides is 3. The van der Waals surface area contributed by atoms with Gasteiger partial charge in [0.25, 0.3) is 0 Å². The molecule has 1 unspecified atom stereocenters. The van der Waals surface area contributed by atoms with E-state index in [0.29, 0.717) is 25.0 Å². The number of guanidine groups is 1.